The van der Waals surface area contributed by atoms with Crippen molar-refractivity contribution in [3.63, 3.8) is 0 Å². The number of ether oxygens (including phenoxy) is 1. The summed E-state index contributed by atoms with van der Waals surface area (Å²) in [5, 5.41) is 6.01. The Hall–Kier alpha value is -2.54. The molecule has 1 fully saturated rings. The summed E-state index contributed by atoms with van der Waals surface area (Å²) in [4.78, 5) is 19.6. The van der Waals surface area contributed by atoms with Gasteiger partial charge in [0.2, 0.25) is 5.91 Å². The van der Waals surface area contributed by atoms with Crippen LogP contribution in [0.1, 0.15) is 29.3 Å². The summed E-state index contributed by atoms with van der Waals surface area (Å²) in [6, 6.07) is 16.8. The highest BCUT2D eigenvalue weighted by molar-refractivity contribution is 7.13. The van der Waals surface area contributed by atoms with Crippen LogP contribution in [0.4, 0.5) is 0 Å². The predicted molar refractivity (Wildman–Crippen MR) is 125 cm³/mol. The molecule has 1 amide bonds. The third-order valence-corrected chi connectivity index (χ3v) is 6.53. The molecule has 0 spiro atoms. The van der Waals surface area contributed by atoms with Crippen molar-refractivity contribution in [2.75, 3.05) is 26.3 Å². The molecule has 1 aliphatic heterocycles. The Balaban J connectivity index is 1.32. The summed E-state index contributed by atoms with van der Waals surface area (Å²) < 4.78 is 5.44. The Morgan fingerprint density at radius 1 is 1.10 bits per heavy atom. The summed E-state index contributed by atoms with van der Waals surface area (Å²) in [5.41, 5.74) is 5.66. The standard InChI is InChI=1S/C25H29N3O2S/c1-2-19-7-9-20(10-8-19)25-27-23(18-31-25)15-24(29)26-16-21-5-3-4-6-22(21)17-28-11-13-30-14-12-28/h3-10,18H,2,11-17H2,1H3,(H,26,29). The molecule has 31 heavy (non-hydrogen) atoms. The second kappa shape index (κ2) is 10.7. The fraction of sp³-hybridized carbons (Fsp3) is 0.360. The predicted octanol–water partition coefficient (Wildman–Crippen LogP) is 4.06. The molecule has 0 saturated carbocycles. The lowest BCUT2D eigenvalue weighted by Crippen LogP contribution is -2.36. The van der Waals surface area contributed by atoms with E-state index in [-0.39, 0.29) is 5.91 Å². The summed E-state index contributed by atoms with van der Waals surface area (Å²) in [6.45, 7) is 7.06. The van der Waals surface area contributed by atoms with E-state index in [0.717, 1.165) is 61.1 Å². The molecule has 1 N–H and O–H groups in total. The molecular weight excluding hydrogens is 406 g/mol. The van der Waals surface area contributed by atoms with E-state index in [2.05, 4.69) is 64.6 Å². The number of rotatable bonds is 8. The topological polar surface area (TPSA) is 54.5 Å². The van der Waals surface area contributed by atoms with Crippen LogP contribution in [-0.2, 0) is 35.5 Å². The highest BCUT2D eigenvalue weighted by Crippen LogP contribution is 2.24. The first-order valence-corrected chi connectivity index (χ1v) is 11.8. The smallest absolute Gasteiger partial charge is 0.226 e. The Labute approximate surface area is 188 Å². The quantitative estimate of drug-likeness (QED) is 0.580. The van der Waals surface area contributed by atoms with Crippen molar-refractivity contribution >= 4 is 17.2 Å². The minimum absolute atomic E-state index is 0.000596. The van der Waals surface area contributed by atoms with Crippen molar-refractivity contribution in [1.29, 1.82) is 0 Å². The maximum absolute atomic E-state index is 12.5. The van der Waals surface area contributed by atoms with Crippen molar-refractivity contribution in [1.82, 2.24) is 15.2 Å². The van der Waals surface area contributed by atoms with Gasteiger partial charge < -0.3 is 10.1 Å². The lowest BCUT2D eigenvalue weighted by molar-refractivity contribution is -0.120. The minimum Gasteiger partial charge on any atom is -0.379 e. The molecule has 1 saturated heterocycles. The molecular formula is C25H29N3O2S. The number of aryl methyl sites for hydroxylation is 1. The molecule has 1 aromatic heterocycles. The first-order valence-electron chi connectivity index (χ1n) is 10.9. The van der Waals surface area contributed by atoms with E-state index in [1.165, 1.54) is 11.1 Å². The van der Waals surface area contributed by atoms with Crippen molar-refractivity contribution in [3.05, 3.63) is 76.3 Å². The maximum atomic E-state index is 12.5. The number of amides is 1. The molecule has 162 valence electrons. The monoisotopic (exact) mass is 435 g/mol. The lowest BCUT2D eigenvalue weighted by Gasteiger charge is -2.27. The third kappa shape index (κ3) is 6.00. The Morgan fingerprint density at radius 3 is 2.58 bits per heavy atom. The van der Waals surface area contributed by atoms with Crippen molar-refractivity contribution in [2.24, 2.45) is 0 Å². The number of thiazole rings is 1. The molecule has 2 heterocycles. The van der Waals surface area contributed by atoms with Gasteiger partial charge in [-0.2, -0.15) is 0 Å². The normalized spacial score (nSPS) is 14.5. The van der Waals surface area contributed by atoms with Gasteiger partial charge in [0.1, 0.15) is 5.01 Å². The number of morpholine rings is 1. The molecule has 1 aliphatic rings. The molecule has 6 heteroatoms. The van der Waals surface area contributed by atoms with E-state index in [4.69, 9.17) is 4.74 Å². The van der Waals surface area contributed by atoms with Gasteiger partial charge in [-0.15, -0.1) is 11.3 Å². The summed E-state index contributed by atoms with van der Waals surface area (Å²) in [6.07, 6.45) is 1.33. The third-order valence-electron chi connectivity index (χ3n) is 5.59. The molecule has 0 aliphatic carbocycles. The van der Waals surface area contributed by atoms with Gasteiger partial charge in [-0.3, -0.25) is 9.69 Å². The zero-order valence-electron chi connectivity index (χ0n) is 18.0. The van der Waals surface area contributed by atoms with Crippen LogP contribution in [-0.4, -0.2) is 42.1 Å². The molecule has 2 aromatic carbocycles. The number of aromatic nitrogens is 1. The largest absolute Gasteiger partial charge is 0.379 e. The van der Waals surface area contributed by atoms with E-state index < -0.39 is 0 Å². The lowest BCUT2D eigenvalue weighted by atomic mass is 10.1. The summed E-state index contributed by atoms with van der Waals surface area (Å²) in [5.74, 6) is -0.000596. The number of carbonyl (C=O) groups is 1. The summed E-state index contributed by atoms with van der Waals surface area (Å²) in [7, 11) is 0. The first-order chi connectivity index (χ1) is 15.2. The Kier molecular flexibility index (Phi) is 7.46. The number of carbonyl (C=O) groups excluding carboxylic acids is 1. The van der Waals surface area contributed by atoms with Crippen LogP contribution in [0.15, 0.2) is 53.9 Å². The van der Waals surface area contributed by atoms with Crippen molar-refractivity contribution in [2.45, 2.75) is 32.9 Å². The van der Waals surface area contributed by atoms with Crippen molar-refractivity contribution < 1.29 is 9.53 Å². The van der Waals surface area contributed by atoms with Gasteiger partial charge in [-0.1, -0.05) is 55.5 Å². The first kappa shape index (κ1) is 21.7. The fourth-order valence-corrected chi connectivity index (χ4v) is 4.53. The van der Waals surface area contributed by atoms with Crippen LogP contribution < -0.4 is 5.32 Å². The highest BCUT2D eigenvalue weighted by atomic mass is 32.1. The van der Waals surface area contributed by atoms with Crippen LogP contribution in [0.25, 0.3) is 10.6 Å². The zero-order valence-corrected chi connectivity index (χ0v) is 18.8. The second-order valence-electron chi connectivity index (χ2n) is 7.81. The van der Waals surface area contributed by atoms with Gasteiger partial charge in [0.05, 0.1) is 25.3 Å². The average molecular weight is 436 g/mol. The number of hydrogen-bond donors (Lipinski definition) is 1. The van der Waals surface area contributed by atoms with Gasteiger partial charge in [0.15, 0.2) is 0 Å². The van der Waals surface area contributed by atoms with E-state index in [1.54, 1.807) is 11.3 Å². The van der Waals surface area contributed by atoms with Gasteiger partial charge in [0, 0.05) is 37.1 Å². The SMILES string of the molecule is CCc1ccc(-c2nc(CC(=O)NCc3ccccc3CN3CCOCC3)cs2)cc1. The van der Waals surface area contributed by atoms with E-state index in [0.29, 0.717) is 13.0 Å². The van der Waals surface area contributed by atoms with Crippen molar-refractivity contribution in [3.8, 4) is 10.6 Å². The molecule has 5 nitrogen and oxygen atoms in total. The molecule has 0 unspecified atom stereocenters. The van der Waals surface area contributed by atoms with Crippen LogP contribution in [0.2, 0.25) is 0 Å². The fourth-order valence-electron chi connectivity index (χ4n) is 3.71. The summed E-state index contributed by atoms with van der Waals surface area (Å²) >= 11 is 1.59. The van der Waals surface area contributed by atoms with Crippen LogP contribution in [0.5, 0.6) is 0 Å². The van der Waals surface area contributed by atoms with Gasteiger partial charge in [-0.25, -0.2) is 4.98 Å². The number of nitrogens with one attached hydrogen (secondary N) is 1. The van der Waals surface area contributed by atoms with E-state index in [9.17, 15) is 4.79 Å². The van der Waals surface area contributed by atoms with Crippen LogP contribution >= 0.6 is 11.3 Å². The van der Waals surface area contributed by atoms with Gasteiger partial charge >= 0.3 is 0 Å². The second-order valence-corrected chi connectivity index (χ2v) is 8.66. The molecule has 0 bridgehead atoms. The minimum atomic E-state index is -0.000596. The van der Waals surface area contributed by atoms with E-state index >= 15 is 0 Å². The Bertz CT molecular complexity index is 994. The van der Waals surface area contributed by atoms with Crippen LogP contribution in [0, 0.1) is 0 Å². The van der Waals surface area contributed by atoms with Gasteiger partial charge in [-0.05, 0) is 23.1 Å². The number of hydrogen-bond acceptors (Lipinski definition) is 5. The number of nitrogens with zero attached hydrogens (tertiary/aromatic N) is 2. The molecule has 3 aromatic rings. The van der Waals surface area contributed by atoms with Crippen LogP contribution in [0.3, 0.4) is 0 Å². The average Bonchev–Trinajstić information content (AvgIpc) is 3.27. The van der Waals surface area contributed by atoms with E-state index in [1.807, 2.05) is 11.4 Å². The maximum Gasteiger partial charge on any atom is 0.226 e. The Morgan fingerprint density at radius 2 is 1.84 bits per heavy atom. The zero-order chi connectivity index (χ0) is 21.5. The van der Waals surface area contributed by atoms with Gasteiger partial charge in [0.25, 0.3) is 0 Å². The molecule has 4 rings (SSSR count). The number of benzene rings is 2. The molecule has 0 radical (unpaired) electrons. The molecule has 0 atom stereocenters. The highest BCUT2D eigenvalue weighted by Gasteiger charge is 2.14.